The summed E-state index contributed by atoms with van der Waals surface area (Å²) in [6, 6.07) is 4.24. The number of rotatable bonds is 2. The van der Waals surface area contributed by atoms with Crippen LogP contribution in [0.4, 0.5) is 10.1 Å². The summed E-state index contributed by atoms with van der Waals surface area (Å²) in [5.41, 5.74) is 0.613. The van der Waals surface area contributed by atoms with Crippen LogP contribution in [-0.2, 0) is 4.79 Å². The summed E-state index contributed by atoms with van der Waals surface area (Å²) < 4.78 is 13.5. The molecule has 3 nitrogen and oxygen atoms in total. The molecule has 0 radical (unpaired) electrons. The van der Waals surface area contributed by atoms with Crippen molar-refractivity contribution in [2.45, 2.75) is 12.8 Å². The van der Waals surface area contributed by atoms with Crippen LogP contribution in [0.2, 0.25) is 0 Å². The molecule has 5 heteroatoms. The van der Waals surface area contributed by atoms with Crippen LogP contribution in [0.5, 0.6) is 0 Å². The van der Waals surface area contributed by atoms with Gasteiger partial charge in [-0.25, -0.2) is 4.39 Å². The highest BCUT2D eigenvalue weighted by Gasteiger charge is 2.21. The average molecular weight is 301 g/mol. The first-order valence-corrected chi connectivity index (χ1v) is 6.43. The molecule has 1 aliphatic rings. The summed E-state index contributed by atoms with van der Waals surface area (Å²) >= 11 is 3.23. The fourth-order valence-electron chi connectivity index (χ4n) is 1.90. The predicted molar refractivity (Wildman–Crippen MR) is 68.3 cm³/mol. The number of piperidine rings is 1. The molecule has 17 heavy (non-hydrogen) atoms. The van der Waals surface area contributed by atoms with E-state index in [4.69, 9.17) is 0 Å². The molecule has 0 bridgehead atoms. The van der Waals surface area contributed by atoms with Gasteiger partial charge in [-0.15, -0.1) is 0 Å². The number of hydrogen-bond acceptors (Lipinski definition) is 2. The number of carbonyl (C=O) groups excluding carboxylic acids is 1. The van der Waals surface area contributed by atoms with E-state index in [2.05, 4.69) is 26.6 Å². The lowest BCUT2D eigenvalue weighted by Crippen LogP contribution is -2.37. The first-order valence-electron chi connectivity index (χ1n) is 5.63. The zero-order chi connectivity index (χ0) is 12.3. The number of benzene rings is 1. The fraction of sp³-hybridized carbons (Fsp3) is 0.417. The second-order valence-corrected chi connectivity index (χ2v) is 5.01. The largest absolute Gasteiger partial charge is 0.325 e. The van der Waals surface area contributed by atoms with Crippen LogP contribution in [0.15, 0.2) is 22.7 Å². The predicted octanol–water partition coefficient (Wildman–Crippen LogP) is 2.53. The van der Waals surface area contributed by atoms with Gasteiger partial charge in [0.05, 0.1) is 11.6 Å². The van der Waals surface area contributed by atoms with E-state index in [0.717, 1.165) is 19.4 Å². The van der Waals surface area contributed by atoms with Crippen LogP contribution in [0.25, 0.3) is 0 Å². The number of carbonyl (C=O) groups is 1. The molecule has 2 rings (SSSR count). The molecule has 1 heterocycles. The van der Waals surface area contributed by atoms with Gasteiger partial charge in [0.1, 0.15) is 5.82 Å². The summed E-state index contributed by atoms with van der Waals surface area (Å²) in [6.07, 6.45) is 1.92. The second kappa shape index (κ2) is 5.60. The van der Waals surface area contributed by atoms with Gasteiger partial charge in [-0.3, -0.25) is 4.79 Å². The zero-order valence-corrected chi connectivity index (χ0v) is 10.9. The van der Waals surface area contributed by atoms with Crippen molar-refractivity contribution in [2.24, 2.45) is 5.92 Å². The summed E-state index contributed by atoms with van der Waals surface area (Å²) in [4.78, 5) is 11.9. The lowest BCUT2D eigenvalue weighted by Gasteiger charge is -2.22. The van der Waals surface area contributed by atoms with E-state index in [-0.39, 0.29) is 17.6 Å². The topological polar surface area (TPSA) is 41.1 Å². The highest BCUT2D eigenvalue weighted by atomic mass is 79.9. The maximum absolute atomic E-state index is 12.9. The molecular weight excluding hydrogens is 287 g/mol. The van der Waals surface area contributed by atoms with Crippen LogP contribution in [0.3, 0.4) is 0 Å². The molecule has 0 aromatic heterocycles. The minimum Gasteiger partial charge on any atom is -0.325 e. The van der Waals surface area contributed by atoms with Gasteiger partial charge in [-0.05, 0) is 53.5 Å². The third-order valence-electron chi connectivity index (χ3n) is 2.86. The van der Waals surface area contributed by atoms with E-state index in [9.17, 15) is 9.18 Å². The summed E-state index contributed by atoms with van der Waals surface area (Å²) in [5.74, 6) is -0.334. The monoisotopic (exact) mass is 300 g/mol. The first kappa shape index (κ1) is 12.5. The number of amides is 1. The normalized spacial score (nSPS) is 20.0. The van der Waals surface area contributed by atoms with Crippen LogP contribution in [0.1, 0.15) is 12.8 Å². The molecule has 0 saturated carbocycles. The SMILES string of the molecule is O=C(Nc1ccc(F)cc1Br)C1CCCNC1. The van der Waals surface area contributed by atoms with Gasteiger partial charge in [0, 0.05) is 11.0 Å². The average Bonchev–Trinajstić information content (AvgIpc) is 2.34. The highest BCUT2D eigenvalue weighted by molar-refractivity contribution is 9.10. The van der Waals surface area contributed by atoms with Gasteiger partial charge in [-0.2, -0.15) is 0 Å². The highest BCUT2D eigenvalue weighted by Crippen LogP contribution is 2.24. The Morgan fingerprint density at radius 1 is 1.53 bits per heavy atom. The molecule has 1 aromatic rings. The van der Waals surface area contributed by atoms with Crippen molar-refractivity contribution in [3.05, 3.63) is 28.5 Å². The molecule has 1 aliphatic heterocycles. The molecule has 1 atom stereocenters. The fourth-order valence-corrected chi connectivity index (χ4v) is 2.35. The number of hydrogen-bond donors (Lipinski definition) is 2. The third kappa shape index (κ3) is 3.26. The van der Waals surface area contributed by atoms with Crippen molar-refractivity contribution in [1.82, 2.24) is 5.32 Å². The van der Waals surface area contributed by atoms with Crippen LogP contribution >= 0.6 is 15.9 Å². The van der Waals surface area contributed by atoms with Gasteiger partial charge in [-0.1, -0.05) is 0 Å². The Hall–Kier alpha value is -0.940. The molecule has 1 unspecified atom stereocenters. The van der Waals surface area contributed by atoms with Crippen molar-refractivity contribution in [1.29, 1.82) is 0 Å². The lowest BCUT2D eigenvalue weighted by atomic mass is 9.99. The molecule has 1 fully saturated rings. The van der Waals surface area contributed by atoms with Gasteiger partial charge < -0.3 is 10.6 Å². The quantitative estimate of drug-likeness (QED) is 0.881. The Labute approximate surface area is 108 Å². The second-order valence-electron chi connectivity index (χ2n) is 4.16. The van der Waals surface area contributed by atoms with E-state index < -0.39 is 0 Å². The van der Waals surface area contributed by atoms with E-state index in [1.165, 1.54) is 12.1 Å². The van der Waals surface area contributed by atoms with Crippen molar-refractivity contribution < 1.29 is 9.18 Å². The van der Waals surface area contributed by atoms with Crippen LogP contribution in [-0.4, -0.2) is 19.0 Å². The van der Waals surface area contributed by atoms with Crippen molar-refractivity contribution >= 4 is 27.5 Å². The number of nitrogens with one attached hydrogen (secondary N) is 2. The molecule has 0 spiro atoms. The lowest BCUT2D eigenvalue weighted by molar-refractivity contribution is -0.120. The molecule has 2 N–H and O–H groups in total. The third-order valence-corrected chi connectivity index (χ3v) is 3.51. The molecule has 1 aromatic carbocycles. The zero-order valence-electron chi connectivity index (χ0n) is 9.30. The Morgan fingerprint density at radius 3 is 3.00 bits per heavy atom. The Morgan fingerprint density at radius 2 is 2.35 bits per heavy atom. The Balaban J connectivity index is 2.02. The maximum Gasteiger partial charge on any atom is 0.228 e. The summed E-state index contributed by atoms with van der Waals surface area (Å²) in [6.45, 7) is 1.69. The standard InChI is InChI=1S/C12H14BrFN2O/c13-10-6-9(14)3-4-11(10)16-12(17)8-2-1-5-15-7-8/h3-4,6,8,15H,1-2,5,7H2,(H,16,17). The Kier molecular flexibility index (Phi) is 4.12. The van der Waals surface area contributed by atoms with Crippen LogP contribution < -0.4 is 10.6 Å². The molecular formula is C12H14BrFN2O. The van der Waals surface area contributed by atoms with E-state index >= 15 is 0 Å². The van der Waals surface area contributed by atoms with E-state index in [1.807, 2.05) is 0 Å². The van der Waals surface area contributed by atoms with Crippen molar-refractivity contribution in [2.75, 3.05) is 18.4 Å². The molecule has 0 aliphatic carbocycles. The minimum absolute atomic E-state index is 0.000651. The van der Waals surface area contributed by atoms with E-state index in [0.29, 0.717) is 16.7 Å². The summed E-state index contributed by atoms with van der Waals surface area (Å²) in [7, 11) is 0. The first-order chi connectivity index (χ1) is 8.16. The van der Waals surface area contributed by atoms with Gasteiger partial charge in [0.2, 0.25) is 5.91 Å². The minimum atomic E-state index is -0.325. The van der Waals surface area contributed by atoms with E-state index in [1.54, 1.807) is 6.07 Å². The smallest absolute Gasteiger partial charge is 0.228 e. The number of anilines is 1. The van der Waals surface area contributed by atoms with Crippen LogP contribution in [0, 0.1) is 11.7 Å². The molecule has 1 saturated heterocycles. The summed E-state index contributed by atoms with van der Waals surface area (Å²) in [5, 5.41) is 6.01. The Bertz CT molecular complexity index is 419. The number of halogens is 2. The maximum atomic E-state index is 12.9. The van der Waals surface area contributed by atoms with Crippen molar-refractivity contribution in [3.63, 3.8) is 0 Å². The molecule has 92 valence electrons. The van der Waals surface area contributed by atoms with Gasteiger partial charge in [0.15, 0.2) is 0 Å². The van der Waals surface area contributed by atoms with Crippen molar-refractivity contribution in [3.8, 4) is 0 Å². The molecule has 1 amide bonds. The van der Waals surface area contributed by atoms with Gasteiger partial charge in [0.25, 0.3) is 0 Å². The van der Waals surface area contributed by atoms with Gasteiger partial charge >= 0.3 is 0 Å².